The lowest BCUT2D eigenvalue weighted by molar-refractivity contribution is -0.274. The third-order valence-electron chi connectivity index (χ3n) is 4.47. The summed E-state index contributed by atoms with van der Waals surface area (Å²) in [6.45, 7) is 1.70. The van der Waals surface area contributed by atoms with Gasteiger partial charge in [0.25, 0.3) is 5.91 Å². The van der Waals surface area contributed by atoms with E-state index >= 15 is 0 Å². The quantitative estimate of drug-likeness (QED) is 0.420. The van der Waals surface area contributed by atoms with Gasteiger partial charge in [-0.15, -0.1) is 13.2 Å². The Labute approximate surface area is 178 Å². The highest BCUT2D eigenvalue weighted by atomic mass is 19.4. The van der Waals surface area contributed by atoms with E-state index in [9.17, 15) is 22.8 Å². The molecule has 0 saturated carbocycles. The van der Waals surface area contributed by atoms with Gasteiger partial charge in [0.2, 0.25) is 0 Å². The Morgan fingerprint density at radius 3 is 2.62 bits per heavy atom. The number of halogens is 3. The van der Waals surface area contributed by atoms with E-state index in [0.717, 1.165) is 12.1 Å². The minimum absolute atomic E-state index is 0.0155. The van der Waals surface area contributed by atoms with Crippen molar-refractivity contribution in [3.8, 4) is 17.2 Å². The van der Waals surface area contributed by atoms with Gasteiger partial charge in [-0.2, -0.15) is 0 Å². The van der Waals surface area contributed by atoms with Gasteiger partial charge in [0, 0.05) is 29.1 Å². The topological polar surface area (TPSA) is 109 Å². The lowest BCUT2D eigenvalue weighted by Crippen LogP contribution is -2.18. The lowest BCUT2D eigenvalue weighted by Gasteiger charge is -2.14. The van der Waals surface area contributed by atoms with Crippen LogP contribution in [-0.4, -0.2) is 27.2 Å². The fourth-order valence-electron chi connectivity index (χ4n) is 3.00. The number of imidazole rings is 1. The van der Waals surface area contributed by atoms with Gasteiger partial charge in [-0.05, 0) is 37.3 Å². The van der Waals surface area contributed by atoms with E-state index in [1.807, 2.05) is 0 Å². The zero-order chi connectivity index (χ0) is 22.9. The molecule has 1 amide bonds. The molecule has 0 saturated heterocycles. The Morgan fingerprint density at radius 1 is 1.06 bits per heavy atom. The molecule has 8 nitrogen and oxygen atoms in total. The van der Waals surface area contributed by atoms with Gasteiger partial charge in [0.15, 0.2) is 11.4 Å². The van der Waals surface area contributed by atoms with Crippen molar-refractivity contribution in [2.75, 3.05) is 5.32 Å². The van der Waals surface area contributed by atoms with E-state index < -0.39 is 23.7 Å². The van der Waals surface area contributed by atoms with Crippen LogP contribution in [0.3, 0.4) is 0 Å². The molecule has 0 unspecified atom stereocenters. The number of pyridine rings is 1. The van der Waals surface area contributed by atoms with E-state index in [0.29, 0.717) is 33.9 Å². The minimum Gasteiger partial charge on any atom is -0.455 e. The molecular formula is C21H15F3N4O4. The first-order valence-corrected chi connectivity index (χ1v) is 9.21. The number of aromatic nitrogens is 3. The van der Waals surface area contributed by atoms with Gasteiger partial charge in [-0.3, -0.25) is 9.78 Å². The highest BCUT2D eigenvalue weighted by Crippen LogP contribution is 2.32. The van der Waals surface area contributed by atoms with Gasteiger partial charge in [0.1, 0.15) is 17.0 Å². The Balaban J connectivity index is 1.57. The van der Waals surface area contributed by atoms with Crippen molar-refractivity contribution >= 4 is 22.8 Å². The van der Waals surface area contributed by atoms with E-state index in [1.165, 1.54) is 18.3 Å². The van der Waals surface area contributed by atoms with Crippen LogP contribution >= 0.6 is 0 Å². The Hall–Kier alpha value is -4.28. The van der Waals surface area contributed by atoms with E-state index in [2.05, 4.69) is 25.0 Å². The molecule has 11 heteroatoms. The average Bonchev–Trinajstić information content (AvgIpc) is 3.11. The predicted octanol–water partition coefficient (Wildman–Crippen LogP) is 4.50. The molecule has 0 fully saturated rings. The maximum absolute atomic E-state index is 12.6. The molecule has 0 bridgehead atoms. The number of nitrogens with zero attached hydrogens (tertiary/aromatic N) is 1. The molecule has 0 aliphatic heterocycles. The molecule has 164 valence electrons. The van der Waals surface area contributed by atoms with Crippen molar-refractivity contribution in [3.63, 3.8) is 0 Å². The van der Waals surface area contributed by atoms with Crippen LogP contribution < -0.4 is 20.5 Å². The summed E-state index contributed by atoms with van der Waals surface area (Å²) < 4.78 is 47.1. The van der Waals surface area contributed by atoms with Crippen LogP contribution in [0.1, 0.15) is 15.9 Å². The number of nitrogens with one attached hydrogen (secondary N) is 3. The van der Waals surface area contributed by atoms with Crippen LogP contribution in [0.15, 0.2) is 59.5 Å². The first-order valence-electron chi connectivity index (χ1n) is 9.21. The number of ether oxygens (including phenoxy) is 2. The number of carbonyl (C=O) groups is 1. The van der Waals surface area contributed by atoms with Gasteiger partial charge >= 0.3 is 12.1 Å². The fourth-order valence-corrected chi connectivity index (χ4v) is 3.00. The fraction of sp³-hybridized carbons (Fsp3) is 0.0952. The van der Waals surface area contributed by atoms with Gasteiger partial charge in [-0.1, -0.05) is 12.1 Å². The standard InChI is InChI=1S/C21H15F3N4O4/c1-11-14(26-19(29)12-4-2-5-13(10-12)32-21(22,23)24)6-3-7-15(11)31-16-8-9-25-18-17(16)27-20(30)28-18/h2-10H,1H3,(H,26,29)(H2,25,27,28,30). The van der Waals surface area contributed by atoms with Crippen molar-refractivity contribution in [1.82, 2.24) is 15.0 Å². The normalized spacial score (nSPS) is 11.4. The van der Waals surface area contributed by atoms with Crippen molar-refractivity contribution in [3.05, 3.63) is 76.3 Å². The molecule has 32 heavy (non-hydrogen) atoms. The summed E-state index contributed by atoms with van der Waals surface area (Å²) in [6.07, 6.45) is -3.39. The number of hydrogen-bond donors (Lipinski definition) is 3. The number of anilines is 1. The largest absolute Gasteiger partial charge is 0.573 e. The molecule has 0 spiro atoms. The van der Waals surface area contributed by atoms with Crippen LogP contribution in [-0.2, 0) is 0 Å². The molecule has 3 N–H and O–H groups in total. The van der Waals surface area contributed by atoms with Gasteiger partial charge in [0.05, 0.1) is 0 Å². The zero-order valence-corrected chi connectivity index (χ0v) is 16.4. The van der Waals surface area contributed by atoms with E-state index in [1.54, 1.807) is 31.2 Å². The van der Waals surface area contributed by atoms with Crippen LogP contribution in [0.5, 0.6) is 17.2 Å². The summed E-state index contributed by atoms with van der Waals surface area (Å²) >= 11 is 0. The predicted molar refractivity (Wildman–Crippen MR) is 109 cm³/mol. The Kier molecular flexibility index (Phi) is 5.31. The smallest absolute Gasteiger partial charge is 0.455 e. The summed E-state index contributed by atoms with van der Waals surface area (Å²) in [5.74, 6) is -0.385. The molecule has 2 aromatic heterocycles. The summed E-state index contributed by atoms with van der Waals surface area (Å²) in [4.78, 5) is 33.3. The maximum Gasteiger partial charge on any atom is 0.573 e. The maximum atomic E-state index is 12.6. The minimum atomic E-state index is -4.86. The molecule has 0 aliphatic rings. The number of H-pyrrole nitrogens is 2. The number of fused-ring (bicyclic) bond motifs is 1. The second-order valence-corrected chi connectivity index (χ2v) is 6.67. The van der Waals surface area contributed by atoms with Crippen LogP contribution in [0, 0.1) is 6.92 Å². The van der Waals surface area contributed by atoms with Gasteiger partial charge < -0.3 is 19.8 Å². The number of amides is 1. The van der Waals surface area contributed by atoms with Crippen LogP contribution in [0.4, 0.5) is 18.9 Å². The number of aromatic amines is 2. The highest BCUT2D eigenvalue weighted by Gasteiger charge is 2.31. The molecule has 4 rings (SSSR count). The van der Waals surface area contributed by atoms with Crippen molar-refractivity contribution < 1.29 is 27.4 Å². The number of alkyl halides is 3. The Morgan fingerprint density at radius 2 is 1.84 bits per heavy atom. The van der Waals surface area contributed by atoms with Crippen molar-refractivity contribution in [2.24, 2.45) is 0 Å². The molecule has 2 aromatic carbocycles. The summed E-state index contributed by atoms with van der Waals surface area (Å²) in [6, 6.07) is 11.2. The first kappa shape index (κ1) is 21.0. The second kappa shape index (κ2) is 8.10. The van der Waals surface area contributed by atoms with Crippen LogP contribution in [0.2, 0.25) is 0 Å². The van der Waals surface area contributed by atoms with E-state index in [4.69, 9.17) is 4.74 Å². The van der Waals surface area contributed by atoms with Crippen molar-refractivity contribution in [1.29, 1.82) is 0 Å². The molecule has 0 aliphatic carbocycles. The summed E-state index contributed by atoms with van der Waals surface area (Å²) in [5.41, 5.74) is 1.22. The van der Waals surface area contributed by atoms with Crippen LogP contribution in [0.25, 0.3) is 11.2 Å². The van der Waals surface area contributed by atoms with E-state index in [-0.39, 0.29) is 5.56 Å². The first-order chi connectivity index (χ1) is 15.2. The number of carbonyl (C=O) groups excluding carboxylic acids is 1. The lowest BCUT2D eigenvalue weighted by atomic mass is 10.1. The molecule has 0 radical (unpaired) electrons. The number of benzene rings is 2. The highest BCUT2D eigenvalue weighted by molar-refractivity contribution is 6.05. The average molecular weight is 444 g/mol. The third-order valence-corrected chi connectivity index (χ3v) is 4.47. The summed E-state index contributed by atoms with van der Waals surface area (Å²) in [7, 11) is 0. The second-order valence-electron chi connectivity index (χ2n) is 6.67. The monoisotopic (exact) mass is 444 g/mol. The molecule has 0 atom stereocenters. The Bertz CT molecular complexity index is 1360. The molecule has 4 aromatic rings. The molecular weight excluding hydrogens is 429 g/mol. The van der Waals surface area contributed by atoms with Gasteiger partial charge in [-0.25, -0.2) is 9.78 Å². The molecule has 2 heterocycles. The van der Waals surface area contributed by atoms with Crippen molar-refractivity contribution in [2.45, 2.75) is 13.3 Å². The third kappa shape index (κ3) is 4.56. The number of rotatable bonds is 5. The summed E-state index contributed by atoms with van der Waals surface area (Å²) in [5, 5.41) is 2.65. The number of hydrogen-bond acceptors (Lipinski definition) is 5. The SMILES string of the molecule is Cc1c(NC(=O)c2cccc(OC(F)(F)F)c2)cccc1Oc1ccnc2[nH]c(=O)[nH]c12. The zero-order valence-electron chi connectivity index (χ0n) is 16.4.